The van der Waals surface area contributed by atoms with Crippen LogP contribution in [0.1, 0.15) is 31.1 Å². The highest BCUT2D eigenvalue weighted by Crippen LogP contribution is 2.37. The van der Waals surface area contributed by atoms with Crippen LogP contribution in [0, 0.1) is 0 Å². The number of Topliss-reactive ketones (excluding diaryl/α,β-unsaturated/α-hetero) is 1. The van der Waals surface area contributed by atoms with E-state index in [4.69, 9.17) is 14.2 Å². The number of nitrogens with one attached hydrogen (secondary N) is 1. The molecule has 1 N–H and O–H groups in total. The van der Waals surface area contributed by atoms with Gasteiger partial charge in [0.2, 0.25) is 0 Å². The average Bonchev–Trinajstić information content (AvgIpc) is 3.48. The van der Waals surface area contributed by atoms with Crippen molar-refractivity contribution in [2.45, 2.75) is 26.4 Å². The van der Waals surface area contributed by atoms with Gasteiger partial charge in [-0.05, 0) is 32.9 Å². The second kappa shape index (κ2) is 10.5. The van der Waals surface area contributed by atoms with E-state index in [1.54, 1.807) is 54.2 Å². The number of amides is 1. The lowest BCUT2D eigenvalue weighted by Gasteiger charge is -2.25. The standard InChI is InChI=1S/C25H30N8O5/c1-25(2,3)38-24(35)31(4)21-11-20(29-23-16(12-27-33(21)23)19(34)14-36-6)28-17-10-8-9-15(22(17)37-7)18-13-26-32(5)30-18/h8-13H,14H2,1-7H3,(H,28,29). The van der Waals surface area contributed by atoms with Gasteiger partial charge in [-0.2, -0.15) is 24.6 Å². The molecule has 1 aromatic carbocycles. The summed E-state index contributed by atoms with van der Waals surface area (Å²) in [7, 11) is 6.27. The molecular formula is C25H30N8O5. The van der Waals surface area contributed by atoms with Gasteiger partial charge in [0.05, 0.1) is 30.8 Å². The molecule has 0 aliphatic heterocycles. The fraction of sp³-hybridized carbons (Fsp3) is 0.360. The van der Waals surface area contributed by atoms with Crippen LogP contribution in [0.15, 0.2) is 36.7 Å². The predicted octanol–water partition coefficient (Wildman–Crippen LogP) is 3.48. The van der Waals surface area contributed by atoms with Crippen molar-refractivity contribution in [2.24, 2.45) is 7.05 Å². The number of rotatable bonds is 8. The second-order valence-corrected chi connectivity index (χ2v) is 9.42. The number of ketones is 1. The minimum absolute atomic E-state index is 0.147. The fourth-order valence-electron chi connectivity index (χ4n) is 3.74. The fourth-order valence-corrected chi connectivity index (χ4v) is 3.74. The number of para-hydroxylation sites is 1. The van der Waals surface area contributed by atoms with E-state index in [-0.39, 0.29) is 23.6 Å². The van der Waals surface area contributed by atoms with Gasteiger partial charge >= 0.3 is 6.09 Å². The molecule has 13 nitrogen and oxygen atoms in total. The summed E-state index contributed by atoms with van der Waals surface area (Å²) in [5.74, 6) is 0.873. The molecule has 0 radical (unpaired) electrons. The van der Waals surface area contributed by atoms with Crippen molar-refractivity contribution in [3.05, 3.63) is 42.2 Å². The third-order valence-corrected chi connectivity index (χ3v) is 5.40. The van der Waals surface area contributed by atoms with Crippen LogP contribution >= 0.6 is 0 Å². The average molecular weight is 523 g/mol. The SMILES string of the molecule is COCC(=O)c1cnn2c(N(C)C(=O)OC(C)(C)C)cc(Nc3cccc(-c4cnn(C)n4)c3OC)nc12. The van der Waals surface area contributed by atoms with Gasteiger partial charge in [-0.15, -0.1) is 0 Å². The van der Waals surface area contributed by atoms with Crippen LogP contribution in [0.5, 0.6) is 5.75 Å². The maximum absolute atomic E-state index is 12.9. The Morgan fingerprint density at radius 1 is 1.13 bits per heavy atom. The summed E-state index contributed by atoms with van der Waals surface area (Å²) in [6.45, 7) is 5.19. The monoisotopic (exact) mass is 522 g/mol. The first kappa shape index (κ1) is 26.5. The molecule has 0 fully saturated rings. The first-order valence-corrected chi connectivity index (χ1v) is 11.7. The molecule has 0 aliphatic carbocycles. The molecule has 38 heavy (non-hydrogen) atoms. The smallest absolute Gasteiger partial charge is 0.415 e. The molecule has 0 atom stereocenters. The lowest BCUT2D eigenvalue weighted by molar-refractivity contribution is 0.0587. The first-order chi connectivity index (χ1) is 18.0. The molecule has 4 aromatic rings. The number of benzene rings is 1. The van der Waals surface area contributed by atoms with Crippen molar-refractivity contribution in [1.82, 2.24) is 29.6 Å². The Morgan fingerprint density at radius 3 is 2.53 bits per heavy atom. The van der Waals surface area contributed by atoms with Crippen LogP contribution in [0.4, 0.5) is 22.1 Å². The number of aromatic nitrogens is 6. The van der Waals surface area contributed by atoms with E-state index in [1.165, 1.54) is 27.5 Å². The summed E-state index contributed by atoms with van der Waals surface area (Å²) in [5.41, 5.74) is 1.71. The van der Waals surface area contributed by atoms with Crippen molar-refractivity contribution in [1.29, 1.82) is 0 Å². The molecule has 1 amide bonds. The lowest BCUT2D eigenvalue weighted by atomic mass is 10.1. The Balaban J connectivity index is 1.83. The number of anilines is 3. The van der Waals surface area contributed by atoms with E-state index in [1.807, 2.05) is 18.2 Å². The number of nitrogens with zero attached hydrogens (tertiary/aromatic N) is 7. The van der Waals surface area contributed by atoms with E-state index >= 15 is 0 Å². The van der Waals surface area contributed by atoms with E-state index in [9.17, 15) is 9.59 Å². The Morgan fingerprint density at radius 2 is 1.89 bits per heavy atom. The van der Waals surface area contributed by atoms with Gasteiger partial charge in [0.25, 0.3) is 0 Å². The molecule has 0 spiro atoms. The van der Waals surface area contributed by atoms with Gasteiger partial charge in [0.15, 0.2) is 17.2 Å². The summed E-state index contributed by atoms with van der Waals surface area (Å²) < 4.78 is 17.7. The largest absolute Gasteiger partial charge is 0.494 e. The first-order valence-electron chi connectivity index (χ1n) is 11.7. The molecule has 0 saturated heterocycles. The van der Waals surface area contributed by atoms with Crippen LogP contribution in [-0.4, -0.2) is 74.9 Å². The van der Waals surface area contributed by atoms with Crippen LogP contribution in [0.25, 0.3) is 16.9 Å². The summed E-state index contributed by atoms with van der Waals surface area (Å²) in [4.78, 5) is 33.0. The third-order valence-electron chi connectivity index (χ3n) is 5.40. The van der Waals surface area contributed by atoms with Crippen molar-refractivity contribution >= 4 is 34.8 Å². The van der Waals surface area contributed by atoms with Crippen molar-refractivity contribution in [3.8, 4) is 17.0 Å². The van der Waals surface area contributed by atoms with Gasteiger partial charge in [-0.25, -0.2) is 9.78 Å². The summed E-state index contributed by atoms with van der Waals surface area (Å²) in [6, 6.07) is 7.15. The van der Waals surface area contributed by atoms with E-state index in [2.05, 4.69) is 25.6 Å². The van der Waals surface area contributed by atoms with Crippen molar-refractivity contribution < 1.29 is 23.8 Å². The van der Waals surface area contributed by atoms with E-state index in [0.717, 1.165) is 5.56 Å². The molecule has 0 unspecified atom stereocenters. The molecule has 200 valence electrons. The quantitative estimate of drug-likeness (QED) is 0.342. The molecule has 0 aliphatic rings. The zero-order valence-electron chi connectivity index (χ0n) is 22.3. The number of methoxy groups -OCH3 is 2. The second-order valence-electron chi connectivity index (χ2n) is 9.42. The van der Waals surface area contributed by atoms with Gasteiger partial charge in [0.1, 0.15) is 29.5 Å². The zero-order chi connectivity index (χ0) is 27.6. The maximum Gasteiger partial charge on any atom is 0.415 e. The normalized spacial score (nSPS) is 11.4. The number of ether oxygens (including phenoxy) is 3. The zero-order valence-corrected chi connectivity index (χ0v) is 22.3. The summed E-state index contributed by atoms with van der Waals surface area (Å²) in [5, 5.41) is 16.1. The van der Waals surface area contributed by atoms with Crippen LogP contribution < -0.4 is 15.0 Å². The minimum Gasteiger partial charge on any atom is -0.494 e. The molecule has 3 aromatic heterocycles. The van der Waals surface area contributed by atoms with Crippen molar-refractivity contribution in [3.63, 3.8) is 0 Å². The number of carbonyl (C=O) groups is 2. The molecule has 4 rings (SSSR count). The highest BCUT2D eigenvalue weighted by Gasteiger charge is 2.25. The van der Waals surface area contributed by atoms with Crippen LogP contribution in [0.2, 0.25) is 0 Å². The highest BCUT2D eigenvalue weighted by molar-refractivity contribution is 6.02. The van der Waals surface area contributed by atoms with Gasteiger partial charge in [-0.3, -0.25) is 9.69 Å². The molecular weight excluding hydrogens is 492 g/mol. The summed E-state index contributed by atoms with van der Waals surface area (Å²) in [6.07, 6.45) is 2.44. The predicted molar refractivity (Wildman–Crippen MR) is 140 cm³/mol. The van der Waals surface area contributed by atoms with Gasteiger partial charge in [0, 0.05) is 32.8 Å². The van der Waals surface area contributed by atoms with E-state index in [0.29, 0.717) is 28.8 Å². The Hall–Kier alpha value is -4.52. The molecule has 0 saturated carbocycles. The van der Waals surface area contributed by atoms with Crippen LogP contribution in [0.3, 0.4) is 0 Å². The number of fused-ring (bicyclic) bond motifs is 1. The van der Waals surface area contributed by atoms with Gasteiger partial charge < -0.3 is 19.5 Å². The van der Waals surface area contributed by atoms with Crippen LogP contribution in [-0.2, 0) is 16.5 Å². The summed E-state index contributed by atoms with van der Waals surface area (Å²) >= 11 is 0. The van der Waals surface area contributed by atoms with Crippen molar-refractivity contribution in [2.75, 3.05) is 38.1 Å². The molecule has 0 bridgehead atoms. The molecule has 13 heteroatoms. The Kier molecular flexibility index (Phi) is 7.30. The number of hydrogen-bond acceptors (Lipinski definition) is 10. The van der Waals surface area contributed by atoms with Gasteiger partial charge in [-0.1, -0.05) is 6.07 Å². The number of aryl methyl sites for hydroxylation is 1. The maximum atomic E-state index is 12.9. The topological polar surface area (TPSA) is 138 Å². The minimum atomic E-state index is -0.712. The Bertz CT molecular complexity index is 1490. The number of carbonyl (C=O) groups excluding carboxylic acids is 2. The van der Waals surface area contributed by atoms with E-state index < -0.39 is 11.7 Å². The Labute approximate surface area is 219 Å². The highest BCUT2D eigenvalue weighted by atomic mass is 16.6. The third kappa shape index (κ3) is 5.42. The molecule has 3 heterocycles. The lowest BCUT2D eigenvalue weighted by Crippen LogP contribution is -2.35. The number of hydrogen-bond donors (Lipinski definition) is 1.